The van der Waals surface area contributed by atoms with Gasteiger partial charge in [0.05, 0.1) is 0 Å². The molecule has 0 heterocycles. The highest BCUT2D eigenvalue weighted by Crippen LogP contribution is 2.16. The van der Waals surface area contributed by atoms with Gasteiger partial charge in [-0.05, 0) is 122 Å². The van der Waals surface area contributed by atoms with Crippen LogP contribution in [-0.4, -0.2) is 37.2 Å². The van der Waals surface area contributed by atoms with Crippen molar-refractivity contribution in [3.8, 4) is 0 Å². The van der Waals surface area contributed by atoms with Crippen LogP contribution < -0.4 is 0 Å². The van der Waals surface area contributed by atoms with Crippen molar-refractivity contribution in [3.05, 3.63) is 134 Å². The molecule has 0 radical (unpaired) electrons. The van der Waals surface area contributed by atoms with Gasteiger partial charge in [-0.2, -0.15) is 0 Å². The van der Waals surface area contributed by atoms with E-state index in [-0.39, 0.29) is 37.5 Å². The maximum Gasteiger partial charge on any atom is 0.306 e. The highest BCUT2D eigenvalue weighted by atomic mass is 16.6. The van der Waals surface area contributed by atoms with E-state index in [4.69, 9.17) is 14.2 Å². The summed E-state index contributed by atoms with van der Waals surface area (Å²) >= 11 is 0. The van der Waals surface area contributed by atoms with Crippen molar-refractivity contribution in [2.75, 3.05) is 13.2 Å². The van der Waals surface area contributed by atoms with Crippen LogP contribution in [0.4, 0.5) is 0 Å². The number of hydrogen-bond donors (Lipinski definition) is 0. The summed E-state index contributed by atoms with van der Waals surface area (Å²) in [7, 11) is 0. The van der Waals surface area contributed by atoms with Crippen LogP contribution in [0, 0.1) is 0 Å². The Labute approximate surface area is 487 Å². The number of hydrogen-bond acceptors (Lipinski definition) is 6. The summed E-state index contributed by atoms with van der Waals surface area (Å²) < 4.78 is 16.9. The van der Waals surface area contributed by atoms with E-state index in [9.17, 15) is 14.4 Å². The van der Waals surface area contributed by atoms with E-state index in [0.29, 0.717) is 19.3 Å². The first kappa shape index (κ1) is 74.5. The van der Waals surface area contributed by atoms with Crippen LogP contribution in [-0.2, 0) is 28.6 Å². The van der Waals surface area contributed by atoms with Gasteiger partial charge >= 0.3 is 17.9 Å². The molecule has 0 saturated carbocycles. The first-order chi connectivity index (χ1) is 39.0. The van der Waals surface area contributed by atoms with Crippen molar-refractivity contribution < 1.29 is 28.6 Å². The molecule has 79 heavy (non-hydrogen) atoms. The highest BCUT2D eigenvalue weighted by molar-refractivity contribution is 5.71. The SMILES string of the molecule is CC/C=C\C/C=C\C/C=C\C/C=C\C/C=C\CCCCCCCCCCCCCCCC(=O)OCC(COC(=O)CC/C=C\C/C=C\C/C=C\C/C=C\CC)OC(=O)CCCCCCCCCCC/C=C\C/C=C\CCCCC. The van der Waals surface area contributed by atoms with Crippen molar-refractivity contribution in [3.63, 3.8) is 0 Å². The molecule has 0 saturated heterocycles. The molecule has 6 heteroatoms. The molecular formula is C73H120O6. The zero-order valence-electron chi connectivity index (χ0n) is 51.3. The molecule has 0 N–H and O–H groups in total. The van der Waals surface area contributed by atoms with E-state index in [0.717, 1.165) is 103 Å². The molecule has 0 spiro atoms. The minimum Gasteiger partial charge on any atom is -0.462 e. The number of ether oxygens (including phenoxy) is 3. The van der Waals surface area contributed by atoms with Crippen molar-refractivity contribution in [1.82, 2.24) is 0 Å². The summed E-state index contributed by atoms with van der Waals surface area (Å²) in [6, 6.07) is 0. The molecule has 0 aromatic carbocycles. The van der Waals surface area contributed by atoms with Crippen molar-refractivity contribution in [2.24, 2.45) is 0 Å². The minimum absolute atomic E-state index is 0.105. The number of unbranched alkanes of at least 4 members (excludes halogenated alkanes) is 25. The summed E-state index contributed by atoms with van der Waals surface area (Å²) in [6.45, 7) is 6.33. The van der Waals surface area contributed by atoms with Gasteiger partial charge in [0.25, 0.3) is 0 Å². The second kappa shape index (κ2) is 66.1. The largest absolute Gasteiger partial charge is 0.462 e. The summed E-state index contributed by atoms with van der Waals surface area (Å²) in [5.41, 5.74) is 0. The minimum atomic E-state index is -0.814. The molecule has 0 aromatic rings. The summed E-state index contributed by atoms with van der Waals surface area (Å²) in [5.74, 6) is -0.991. The smallest absolute Gasteiger partial charge is 0.306 e. The van der Waals surface area contributed by atoms with Gasteiger partial charge in [-0.15, -0.1) is 0 Å². The third-order valence-electron chi connectivity index (χ3n) is 13.6. The van der Waals surface area contributed by atoms with Crippen LogP contribution in [0.2, 0.25) is 0 Å². The van der Waals surface area contributed by atoms with Crippen LogP contribution in [0.15, 0.2) is 134 Å². The molecule has 0 bridgehead atoms. The molecule has 6 nitrogen and oxygen atoms in total. The second-order valence-electron chi connectivity index (χ2n) is 21.3. The van der Waals surface area contributed by atoms with Gasteiger partial charge < -0.3 is 14.2 Å². The van der Waals surface area contributed by atoms with Gasteiger partial charge in [0, 0.05) is 19.3 Å². The quantitative estimate of drug-likeness (QED) is 0.0261. The molecule has 0 aromatic heterocycles. The third kappa shape index (κ3) is 64.3. The molecule has 448 valence electrons. The Kier molecular flexibility index (Phi) is 62.3. The lowest BCUT2D eigenvalue weighted by Crippen LogP contribution is -2.30. The Bertz CT molecular complexity index is 1680. The summed E-state index contributed by atoms with van der Waals surface area (Å²) in [6.07, 6.45) is 93.4. The fourth-order valence-corrected chi connectivity index (χ4v) is 8.81. The van der Waals surface area contributed by atoms with E-state index < -0.39 is 6.10 Å². The van der Waals surface area contributed by atoms with E-state index in [1.807, 2.05) is 6.08 Å². The average Bonchev–Trinajstić information content (AvgIpc) is 3.45. The Morgan fingerprint density at radius 2 is 0.519 bits per heavy atom. The van der Waals surface area contributed by atoms with Gasteiger partial charge in [0.15, 0.2) is 6.10 Å². The molecule has 1 atom stereocenters. The Hall–Kier alpha value is -4.45. The maximum atomic E-state index is 12.9. The summed E-state index contributed by atoms with van der Waals surface area (Å²) in [4.78, 5) is 38.3. The topological polar surface area (TPSA) is 78.9 Å². The first-order valence-corrected chi connectivity index (χ1v) is 32.7. The zero-order valence-corrected chi connectivity index (χ0v) is 51.3. The molecule has 0 fully saturated rings. The predicted octanol–water partition coefficient (Wildman–Crippen LogP) is 22.5. The zero-order chi connectivity index (χ0) is 57.1. The molecule has 0 rings (SSSR count). The van der Waals surface area contributed by atoms with Crippen LogP contribution in [0.25, 0.3) is 0 Å². The lowest BCUT2D eigenvalue weighted by atomic mass is 10.0. The van der Waals surface area contributed by atoms with Crippen LogP contribution >= 0.6 is 0 Å². The standard InChI is InChI=1S/C73H120O6/c1-4-7-10-13-16-19-22-25-27-29-31-32-33-34-35-36-37-38-39-40-42-43-45-48-51-54-57-60-63-66-72(75)78-69-70(68-77-71(74)65-62-59-56-53-50-47-24-21-18-15-12-9-6-3)79-73(76)67-64-61-58-55-52-49-46-44-41-30-28-26-23-20-17-14-11-8-5-2/h7,9-10,12,16-21,25-28,31-32,34-35,47,50,56,59,70H,4-6,8,11,13-15,22-24,29-30,33,36-46,48-49,51-55,57-58,60-69H2,1-3H3/b10-7-,12-9-,19-16-,20-17-,21-18-,27-25-,28-26-,32-31-,35-34-,50-47-,59-56-. The average molecular weight is 1090 g/mol. The van der Waals surface area contributed by atoms with E-state index in [2.05, 4.69) is 148 Å². The molecular weight excluding hydrogens is 973 g/mol. The third-order valence-corrected chi connectivity index (χ3v) is 13.6. The highest BCUT2D eigenvalue weighted by Gasteiger charge is 2.19. The lowest BCUT2D eigenvalue weighted by Gasteiger charge is -2.18. The molecule has 0 aliphatic rings. The number of carbonyl (C=O) groups is 3. The van der Waals surface area contributed by atoms with Crippen LogP contribution in [0.3, 0.4) is 0 Å². The van der Waals surface area contributed by atoms with Crippen molar-refractivity contribution >= 4 is 17.9 Å². The van der Waals surface area contributed by atoms with Crippen LogP contribution in [0.5, 0.6) is 0 Å². The van der Waals surface area contributed by atoms with Gasteiger partial charge in [-0.3, -0.25) is 14.4 Å². The molecule has 0 amide bonds. The van der Waals surface area contributed by atoms with Crippen molar-refractivity contribution in [2.45, 2.75) is 297 Å². The number of rotatable bonds is 58. The fourth-order valence-electron chi connectivity index (χ4n) is 8.81. The monoisotopic (exact) mass is 1090 g/mol. The van der Waals surface area contributed by atoms with Gasteiger partial charge in [-0.25, -0.2) is 0 Å². The van der Waals surface area contributed by atoms with E-state index >= 15 is 0 Å². The molecule has 1 unspecified atom stereocenters. The Morgan fingerprint density at radius 3 is 0.848 bits per heavy atom. The van der Waals surface area contributed by atoms with Crippen LogP contribution in [0.1, 0.15) is 290 Å². The summed E-state index contributed by atoms with van der Waals surface area (Å²) in [5, 5.41) is 0. The van der Waals surface area contributed by atoms with Crippen molar-refractivity contribution in [1.29, 1.82) is 0 Å². The van der Waals surface area contributed by atoms with Gasteiger partial charge in [0.1, 0.15) is 13.2 Å². The van der Waals surface area contributed by atoms with E-state index in [1.165, 1.54) is 141 Å². The predicted molar refractivity (Wildman–Crippen MR) is 343 cm³/mol. The molecule has 0 aliphatic heterocycles. The molecule has 0 aliphatic carbocycles. The number of allylic oxidation sites excluding steroid dienone is 22. The maximum absolute atomic E-state index is 12.9. The normalized spacial score (nSPS) is 13.0. The Balaban J connectivity index is 4.32. The fraction of sp³-hybridized carbons (Fsp3) is 0.658. The lowest BCUT2D eigenvalue weighted by molar-refractivity contribution is -0.166. The second-order valence-corrected chi connectivity index (χ2v) is 21.3. The van der Waals surface area contributed by atoms with Gasteiger partial charge in [0.2, 0.25) is 0 Å². The van der Waals surface area contributed by atoms with Gasteiger partial charge in [-0.1, -0.05) is 283 Å². The first-order valence-electron chi connectivity index (χ1n) is 32.7. The Morgan fingerprint density at radius 1 is 0.266 bits per heavy atom. The number of esters is 3. The number of carbonyl (C=O) groups excluding carboxylic acids is 3. The van der Waals surface area contributed by atoms with E-state index in [1.54, 1.807) is 0 Å².